The second kappa shape index (κ2) is 3.86. The summed E-state index contributed by atoms with van der Waals surface area (Å²) in [6.07, 6.45) is 0. The van der Waals surface area contributed by atoms with Crippen LogP contribution in [0.5, 0.6) is 0 Å². The summed E-state index contributed by atoms with van der Waals surface area (Å²) in [7, 11) is 0. The van der Waals surface area contributed by atoms with Gasteiger partial charge in [-0.15, -0.1) is 0 Å². The zero-order valence-corrected chi connectivity index (χ0v) is 10.3. The molecule has 0 saturated carbocycles. The molecule has 0 atom stereocenters. The summed E-state index contributed by atoms with van der Waals surface area (Å²) >= 11 is 5.85. The molecule has 0 aliphatic rings. The van der Waals surface area contributed by atoms with Crippen molar-refractivity contribution in [2.24, 2.45) is 0 Å². The van der Waals surface area contributed by atoms with Crippen molar-refractivity contribution in [2.75, 3.05) is 0 Å². The van der Waals surface area contributed by atoms with Crippen molar-refractivity contribution in [3.05, 3.63) is 30.3 Å². The molecule has 1 aromatic rings. The van der Waals surface area contributed by atoms with Gasteiger partial charge in [0.15, 0.2) is 0 Å². The van der Waals surface area contributed by atoms with E-state index in [2.05, 4.69) is 51.4 Å². The fraction of sp³-hybridized carbons (Fsp3) is 0. The number of rotatable bonds is 1. The van der Waals surface area contributed by atoms with Crippen molar-refractivity contribution in [2.45, 2.75) is 0 Å². The molecule has 1 rings (SSSR count). The fourth-order valence-electron chi connectivity index (χ4n) is 0.599. The van der Waals surface area contributed by atoms with Gasteiger partial charge in [0.05, 0.1) is 0 Å². The average molecular weight is 307 g/mol. The minimum atomic E-state index is -1.32. The number of halogens is 2. The summed E-state index contributed by atoms with van der Waals surface area (Å²) in [6, 6.07) is 10.5. The van der Waals surface area contributed by atoms with Crippen molar-refractivity contribution in [1.82, 2.24) is 0 Å². The molecule has 3 heteroatoms. The molecule has 0 saturated heterocycles. The van der Waals surface area contributed by atoms with Crippen LogP contribution in [0.25, 0.3) is 0 Å². The summed E-state index contributed by atoms with van der Waals surface area (Å²) in [4.78, 5) is 0. The van der Waals surface area contributed by atoms with Crippen LogP contribution in [0.15, 0.2) is 30.3 Å². The predicted octanol–water partition coefficient (Wildman–Crippen LogP) is 2.17. The summed E-state index contributed by atoms with van der Waals surface area (Å²) in [6.45, 7) is 0. The van der Waals surface area contributed by atoms with Crippen molar-refractivity contribution < 1.29 is 0 Å². The minimum absolute atomic E-state index is 1.32. The molecule has 0 radical (unpaired) electrons. The third-order valence-electron chi connectivity index (χ3n) is 1.05. The molecule has 0 fully saturated rings. The molecule has 0 bridgehead atoms. The van der Waals surface area contributed by atoms with Gasteiger partial charge >= 0.3 is 73.8 Å². The number of hydrogen-bond donors (Lipinski definition) is 0. The van der Waals surface area contributed by atoms with E-state index in [4.69, 9.17) is 0 Å². The van der Waals surface area contributed by atoms with Crippen molar-refractivity contribution in [3.63, 3.8) is 0 Å². The second-order valence-corrected chi connectivity index (χ2v) is 20.3. The monoisotopic (exact) mass is 304 g/mol. The maximum atomic E-state index is 3.59. The molecule has 0 aliphatic heterocycles. The molecule has 9 heavy (non-hydrogen) atoms. The second-order valence-electron chi connectivity index (χ2n) is 1.71. The first-order chi connectivity index (χ1) is 4.30. The van der Waals surface area contributed by atoms with Gasteiger partial charge in [0, 0.05) is 0 Å². The van der Waals surface area contributed by atoms with Crippen LogP contribution in [0.4, 0.5) is 0 Å². The van der Waals surface area contributed by atoms with Crippen molar-refractivity contribution in [1.29, 1.82) is 0 Å². The topological polar surface area (TPSA) is 0 Å². The Morgan fingerprint density at radius 2 is 1.56 bits per heavy atom. The van der Waals surface area contributed by atoms with E-state index in [0.29, 0.717) is 0 Å². The Labute approximate surface area is 73.3 Å². The maximum absolute atomic E-state index is 3.59. The first kappa shape index (κ1) is 7.92. The summed E-state index contributed by atoms with van der Waals surface area (Å²) in [5.74, 6) is 0. The third kappa shape index (κ3) is 2.49. The molecular formula is C6H5Br2Ga. The standard InChI is InChI=1S/C6H5.2BrH.Ga/c1-2-4-6-5-3-1;;;/h1-5H;2*1H;/q;;;+2/p-2. The van der Waals surface area contributed by atoms with Crippen LogP contribution in [0, 0.1) is 0 Å². The van der Waals surface area contributed by atoms with E-state index in [1.54, 1.807) is 0 Å². The van der Waals surface area contributed by atoms with Crippen LogP contribution in [0.3, 0.4) is 0 Å². The molecular weight excluding hydrogens is 302 g/mol. The van der Waals surface area contributed by atoms with E-state index < -0.39 is 12.3 Å². The van der Waals surface area contributed by atoms with Gasteiger partial charge in [0.1, 0.15) is 0 Å². The Hall–Kier alpha value is 0.816. The van der Waals surface area contributed by atoms with Gasteiger partial charge in [-0.05, 0) is 0 Å². The van der Waals surface area contributed by atoms with E-state index in [0.717, 1.165) is 0 Å². The summed E-state index contributed by atoms with van der Waals surface area (Å²) in [5.41, 5.74) is 0. The van der Waals surface area contributed by atoms with Gasteiger partial charge in [0.25, 0.3) is 0 Å². The molecule has 0 aromatic heterocycles. The Kier molecular flexibility index (Phi) is 3.39. The molecule has 1 aromatic carbocycles. The Morgan fingerprint density at radius 1 is 1.00 bits per heavy atom. The van der Waals surface area contributed by atoms with Crippen molar-refractivity contribution >= 4 is 43.5 Å². The van der Waals surface area contributed by atoms with Crippen LogP contribution in [-0.2, 0) is 0 Å². The van der Waals surface area contributed by atoms with E-state index in [1.165, 1.54) is 4.12 Å². The quantitative estimate of drug-likeness (QED) is 0.698. The van der Waals surface area contributed by atoms with Crippen LogP contribution < -0.4 is 4.12 Å². The third-order valence-corrected chi connectivity index (χ3v) is 8.41. The van der Waals surface area contributed by atoms with Gasteiger partial charge in [-0.2, -0.15) is 0 Å². The van der Waals surface area contributed by atoms with Crippen molar-refractivity contribution in [3.8, 4) is 0 Å². The SMILES string of the molecule is [Br][Ga]([Br])[c]1ccccc1. The number of hydrogen-bond acceptors (Lipinski definition) is 0. The van der Waals surface area contributed by atoms with Gasteiger partial charge in [0.2, 0.25) is 0 Å². The Morgan fingerprint density at radius 3 is 1.89 bits per heavy atom. The van der Waals surface area contributed by atoms with Gasteiger partial charge in [-0.3, -0.25) is 0 Å². The summed E-state index contributed by atoms with van der Waals surface area (Å²) < 4.78 is 1.44. The fourth-order valence-corrected chi connectivity index (χ4v) is 4.85. The number of benzene rings is 1. The van der Waals surface area contributed by atoms with E-state index >= 15 is 0 Å². The molecule has 0 spiro atoms. The van der Waals surface area contributed by atoms with E-state index in [1.807, 2.05) is 6.07 Å². The normalized spacial score (nSPS) is 9.11. The van der Waals surface area contributed by atoms with Crippen LogP contribution in [-0.4, -0.2) is 12.3 Å². The molecule has 0 amide bonds. The average Bonchev–Trinajstić information content (AvgIpc) is 1.90. The first-order valence-electron chi connectivity index (χ1n) is 2.64. The Balaban J connectivity index is 2.85. The molecule has 0 N–H and O–H groups in total. The van der Waals surface area contributed by atoms with Gasteiger partial charge in [-0.1, -0.05) is 0 Å². The predicted molar refractivity (Wildman–Crippen MR) is 49.7 cm³/mol. The molecule has 0 nitrogen and oxygen atoms in total. The van der Waals surface area contributed by atoms with Crippen LogP contribution >= 0.6 is 27.1 Å². The van der Waals surface area contributed by atoms with Crippen LogP contribution in [0.2, 0.25) is 0 Å². The molecule has 0 unspecified atom stereocenters. The molecule has 0 aliphatic carbocycles. The van der Waals surface area contributed by atoms with Gasteiger partial charge < -0.3 is 0 Å². The summed E-state index contributed by atoms with van der Waals surface area (Å²) in [5, 5.41) is 0. The van der Waals surface area contributed by atoms with E-state index in [-0.39, 0.29) is 0 Å². The molecule has 46 valence electrons. The molecule has 0 heterocycles. The van der Waals surface area contributed by atoms with Crippen LogP contribution in [0.1, 0.15) is 0 Å². The first-order valence-corrected chi connectivity index (χ1v) is 15.2. The van der Waals surface area contributed by atoms with Gasteiger partial charge in [-0.25, -0.2) is 0 Å². The zero-order chi connectivity index (χ0) is 6.69. The zero-order valence-electron chi connectivity index (χ0n) is 4.72. The Bertz CT molecular complexity index is 174. The van der Waals surface area contributed by atoms with E-state index in [9.17, 15) is 0 Å².